The molecule has 2 aromatic rings. The van der Waals surface area contributed by atoms with E-state index in [1.54, 1.807) is 6.26 Å². The highest BCUT2D eigenvalue weighted by Crippen LogP contribution is 2.19. The van der Waals surface area contributed by atoms with Crippen molar-refractivity contribution in [3.05, 3.63) is 53.5 Å². The van der Waals surface area contributed by atoms with Crippen molar-refractivity contribution in [2.45, 2.75) is 39.5 Å². The highest BCUT2D eigenvalue weighted by Gasteiger charge is 2.13. The Kier molecular flexibility index (Phi) is 4.63. The number of hydrogen-bond donors (Lipinski definition) is 1. The van der Waals surface area contributed by atoms with Gasteiger partial charge in [0.1, 0.15) is 29.8 Å². The maximum absolute atomic E-state index is 13.1. The molecule has 21 heavy (non-hydrogen) atoms. The predicted molar refractivity (Wildman–Crippen MR) is 76.0 cm³/mol. The zero-order valence-electron chi connectivity index (χ0n) is 12.4. The Bertz CT molecular complexity index is 582. The molecule has 0 fully saturated rings. The standard InChI is InChI=1S/C16H19F2NO2/c1-16(2,3)19-9-11-4-5-20-15(11)10-21-14-7-12(17)6-13(18)8-14/h4-8,19H,9-10H2,1-3H3. The van der Waals surface area contributed by atoms with Gasteiger partial charge in [0.05, 0.1) is 6.26 Å². The Morgan fingerprint density at radius 3 is 2.43 bits per heavy atom. The van der Waals surface area contributed by atoms with Gasteiger partial charge in [-0.15, -0.1) is 0 Å². The minimum Gasteiger partial charge on any atom is -0.485 e. The third kappa shape index (κ3) is 4.86. The highest BCUT2D eigenvalue weighted by molar-refractivity contribution is 5.24. The molecule has 5 heteroatoms. The van der Waals surface area contributed by atoms with E-state index in [1.807, 2.05) is 6.07 Å². The van der Waals surface area contributed by atoms with Crippen LogP contribution in [0.4, 0.5) is 8.78 Å². The Morgan fingerprint density at radius 2 is 1.81 bits per heavy atom. The first kappa shape index (κ1) is 15.5. The molecule has 0 saturated carbocycles. The third-order valence-corrected chi connectivity index (χ3v) is 2.85. The second kappa shape index (κ2) is 6.26. The molecule has 0 spiro atoms. The van der Waals surface area contributed by atoms with Crippen molar-refractivity contribution in [3.63, 3.8) is 0 Å². The van der Waals surface area contributed by atoms with Crippen LogP contribution in [-0.2, 0) is 13.2 Å². The van der Waals surface area contributed by atoms with E-state index in [1.165, 1.54) is 0 Å². The van der Waals surface area contributed by atoms with E-state index in [9.17, 15) is 8.78 Å². The molecule has 0 radical (unpaired) electrons. The molecule has 1 aromatic carbocycles. The maximum Gasteiger partial charge on any atom is 0.146 e. The van der Waals surface area contributed by atoms with Gasteiger partial charge < -0.3 is 14.5 Å². The van der Waals surface area contributed by atoms with Crippen LogP contribution in [-0.4, -0.2) is 5.54 Å². The van der Waals surface area contributed by atoms with E-state index in [-0.39, 0.29) is 17.9 Å². The molecule has 0 saturated heterocycles. The fourth-order valence-electron chi connectivity index (χ4n) is 1.77. The van der Waals surface area contributed by atoms with E-state index in [0.717, 1.165) is 23.8 Å². The van der Waals surface area contributed by atoms with Gasteiger partial charge in [-0.3, -0.25) is 0 Å². The van der Waals surface area contributed by atoms with Crippen LogP contribution in [0.15, 0.2) is 34.9 Å². The maximum atomic E-state index is 13.1. The van der Waals surface area contributed by atoms with Gasteiger partial charge in [-0.2, -0.15) is 0 Å². The van der Waals surface area contributed by atoms with Crippen LogP contribution in [0.1, 0.15) is 32.1 Å². The zero-order chi connectivity index (χ0) is 15.5. The van der Waals surface area contributed by atoms with E-state index >= 15 is 0 Å². The van der Waals surface area contributed by atoms with Gasteiger partial charge in [0, 0.05) is 35.8 Å². The van der Waals surface area contributed by atoms with Crippen LogP contribution in [0.2, 0.25) is 0 Å². The molecule has 114 valence electrons. The lowest BCUT2D eigenvalue weighted by molar-refractivity contribution is 0.265. The number of furan rings is 1. The molecular weight excluding hydrogens is 276 g/mol. The summed E-state index contributed by atoms with van der Waals surface area (Å²) in [7, 11) is 0. The van der Waals surface area contributed by atoms with Gasteiger partial charge in [-0.1, -0.05) is 0 Å². The number of hydrogen-bond acceptors (Lipinski definition) is 3. The molecule has 3 nitrogen and oxygen atoms in total. The predicted octanol–water partition coefficient (Wildman–Crippen LogP) is 4.02. The van der Waals surface area contributed by atoms with Gasteiger partial charge in [0.15, 0.2) is 0 Å². The van der Waals surface area contributed by atoms with Crippen LogP contribution in [0, 0.1) is 11.6 Å². The van der Waals surface area contributed by atoms with Gasteiger partial charge in [0.2, 0.25) is 0 Å². The summed E-state index contributed by atoms with van der Waals surface area (Å²) < 4.78 is 36.9. The first-order valence-corrected chi connectivity index (χ1v) is 6.73. The molecule has 0 aliphatic rings. The van der Waals surface area contributed by atoms with Crippen molar-refractivity contribution in [2.75, 3.05) is 0 Å². The molecule has 2 rings (SSSR count). The van der Waals surface area contributed by atoms with Crippen LogP contribution >= 0.6 is 0 Å². The molecule has 0 unspecified atom stereocenters. The Hall–Kier alpha value is -1.88. The van der Waals surface area contributed by atoms with Crippen LogP contribution in [0.25, 0.3) is 0 Å². The Labute approximate surface area is 122 Å². The zero-order valence-corrected chi connectivity index (χ0v) is 12.4. The topological polar surface area (TPSA) is 34.4 Å². The van der Waals surface area contributed by atoms with Crippen molar-refractivity contribution in [2.24, 2.45) is 0 Å². The van der Waals surface area contributed by atoms with Crippen LogP contribution in [0.5, 0.6) is 5.75 Å². The van der Waals surface area contributed by atoms with Crippen molar-refractivity contribution in [3.8, 4) is 5.75 Å². The summed E-state index contributed by atoms with van der Waals surface area (Å²) in [5, 5.41) is 3.35. The quantitative estimate of drug-likeness (QED) is 0.904. The number of halogens is 2. The first-order chi connectivity index (χ1) is 9.83. The van der Waals surface area contributed by atoms with Crippen molar-refractivity contribution in [1.82, 2.24) is 5.32 Å². The van der Waals surface area contributed by atoms with E-state index < -0.39 is 11.6 Å². The lowest BCUT2D eigenvalue weighted by atomic mass is 10.1. The molecule has 0 amide bonds. The molecule has 1 aromatic heterocycles. The molecular formula is C16H19F2NO2. The van der Waals surface area contributed by atoms with Gasteiger partial charge >= 0.3 is 0 Å². The normalized spacial score (nSPS) is 11.7. The molecule has 1 heterocycles. The summed E-state index contributed by atoms with van der Waals surface area (Å²) >= 11 is 0. The lowest BCUT2D eigenvalue weighted by Crippen LogP contribution is -2.35. The summed E-state index contributed by atoms with van der Waals surface area (Å²) in [6, 6.07) is 4.93. The average Bonchev–Trinajstić information content (AvgIpc) is 2.79. The summed E-state index contributed by atoms with van der Waals surface area (Å²) in [5.41, 5.74) is 0.947. The van der Waals surface area contributed by atoms with E-state index in [0.29, 0.717) is 12.3 Å². The number of benzene rings is 1. The van der Waals surface area contributed by atoms with E-state index in [2.05, 4.69) is 26.1 Å². The fraction of sp³-hybridized carbons (Fsp3) is 0.375. The molecule has 0 aliphatic heterocycles. The molecule has 0 bridgehead atoms. The lowest BCUT2D eigenvalue weighted by Gasteiger charge is -2.20. The summed E-state index contributed by atoms with van der Waals surface area (Å²) in [6.45, 7) is 6.96. The molecule has 1 N–H and O–H groups in total. The Balaban J connectivity index is 1.99. The second-order valence-corrected chi connectivity index (χ2v) is 5.87. The monoisotopic (exact) mass is 295 g/mol. The number of nitrogens with one attached hydrogen (secondary N) is 1. The second-order valence-electron chi connectivity index (χ2n) is 5.87. The first-order valence-electron chi connectivity index (χ1n) is 6.73. The highest BCUT2D eigenvalue weighted by atomic mass is 19.1. The smallest absolute Gasteiger partial charge is 0.146 e. The van der Waals surface area contributed by atoms with Gasteiger partial charge in [0.25, 0.3) is 0 Å². The van der Waals surface area contributed by atoms with Crippen LogP contribution in [0.3, 0.4) is 0 Å². The van der Waals surface area contributed by atoms with E-state index in [4.69, 9.17) is 9.15 Å². The number of rotatable bonds is 5. The summed E-state index contributed by atoms with van der Waals surface area (Å²) in [6.07, 6.45) is 1.57. The van der Waals surface area contributed by atoms with Crippen molar-refractivity contribution < 1.29 is 17.9 Å². The summed E-state index contributed by atoms with van der Waals surface area (Å²) in [5.74, 6) is -0.562. The molecule has 0 aliphatic carbocycles. The SMILES string of the molecule is CC(C)(C)NCc1ccoc1COc1cc(F)cc(F)c1. The van der Waals surface area contributed by atoms with Crippen LogP contribution < -0.4 is 10.1 Å². The molecule has 0 atom stereocenters. The fourth-order valence-corrected chi connectivity index (χ4v) is 1.77. The average molecular weight is 295 g/mol. The Morgan fingerprint density at radius 1 is 1.14 bits per heavy atom. The van der Waals surface area contributed by atoms with Gasteiger partial charge in [-0.05, 0) is 26.8 Å². The minimum absolute atomic E-state index is 0.0128. The minimum atomic E-state index is -0.668. The number of ether oxygens (including phenoxy) is 1. The van der Waals surface area contributed by atoms with Gasteiger partial charge in [-0.25, -0.2) is 8.78 Å². The summed E-state index contributed by atoms with van der Waals surface area (Å²) in [4.78, 5) is 0. The third-order valence-electron chi connectivity index (χ3n) is 2.85. The largest absolute Gasteiger partial charge is 0.485 e. The van der Waals surface area contributed by atoms with Crippen molar-refractivity contribution in [1.29, 1.82) is 0 Å². The van der Waals surface area contributed by atoms with Crippen molar-refractivity contribution >= 4 is 0 Å².